The van der Waals surface area contributed by atoms with Crippen molar-refractivity contribution < 1.29 is 26.5 Å². The first-order valence-electron chi connectivity index (χ1n) is 10.1. The number of sulfonamides is 1. The molecule has 2 saturated heterocycles. The molecule has 0 bridgehead atoms. The van der Waals surface area contributed by atoms with Crippen molar-refractivity contribution in [3.05, 3.63) is 35.7 Å². The largest absolute Gasteiger partial charge is 0.354 e. The van der Waals surface area contributed by atoms with Crippen molar-refractivity contribution in [1.82, 2.24) is 14.8 Å². The van der Waals surface area contributed by atoms with Gasteiger partial charge >= 0.3 is 6.03 Å². The number of fused-ring (bicyclic) bond motifs is 2. The number of halogens is 2. The smallest absolute Gasteiger partial charge is 0.326 e. The van der Waals surface area contributed by atoms with Crippen molar-refractivity contribution in [1.29, 1.82) is 0 Å². The number of thiophene rings is 1. The number of nitrogens with zero attached hydrogens (tertiary/aromatic N) is 3. The van der Waals surface area contributed by atoms with E-state index in [0.717, 1.165) is 15.3 Å². The normalized spacial score (nSPS) is 23.2. The lowest BCUT2D eigenvalue weighted by Gasteiger charge is -2.37. The lowest BCUT2D eigenvalue weighted by molar-refractivity contribution is -0.0448. The Labute approximate surface area is 186 Å². The van der Waals surface area contributed by atoms with Crippen LogP contribution < -0.4 is 9.62 Å². The fourth-order valence-electron chi connectivity index (χ4n) is 4.36. The van der Waals surface area contributed by atoms with E-state index in [1.165, 1.54) is 23.2 Å². The monoisotopic (exact) mass is 482 g/mol. The van der Waals surface area contributed by atoms with Gasteiger partial charge in [-0.05, 0) is 30.9 Å². The highest BCUT2D eigenvalue weighted by Crippen LogP contribution is 2.43. The maximum atomic E-state index is 15.0. The molecule has 32 heavy (non-hydrogen) atoms. The molecule has 2 atom stereocenters. The Morgan fingerprint density at radius 3 is 2.84 bits per heavy atom. The fourth-order valence-corrected chi connectivity index (χ4v) is 5.95. The van der Waals surface area contributed by atoms with Gasteiger partial charge in [-0.25, -0.2) is 26.7 Å². The van der Waals surface area contributed by atoms with E-state index in [2.05, 4.69) is 9.88 Å². The average molecular weight is 483 g/mol. The summed E-state index contributed by atoms with van der Waals surface area (Å²) in [6.45, 7) is 0.972. The molecule has 2 aliphatic rings. The number of urea groups is 1. The van der Waals surface area contributed by atoms with Crippen molar-refractivity contribution in [2.45, 2.75) is 31.4 Å². The first-order chi connectivity index (χ1) is 15.2. The van der Waals surface area contributed by atoms with Crippen LogP contribution in [-0.4, -0.2) is 61.4 Å². The predicted molar refractivity (Wildman–Crippen MR) is 117 cm³/mol. The molecule has 0 unspecified atom stereocenters. The number of rotatable bonds is 5. The molecule has 5 rings (SSSR count). The number of benzene rings is 1. The zero-order valence-corrected chi connectivity index (χ0v) is 18.6. The van der Waals surface area contributed by atoms with E-state index in [-0.39, 0.29) is 24.5 Å². The Morgan fingerprint density at radius 2 is 2.12 bits per heavy atom. The van der Waals surface area contributed by atoms with E-state index in [0.29, 0.717) is 11.0 Å². The van der Waals surface area contributed by atoms with Crippen LogP contribution in [0.3, 0.4) is 0 Å². The Bertz CT molecular complexity index is 1280. The molecule has 0 saturated carbocycles. The highest BCUT2D eigenvalue weighted by molar-refractivity contribution is 7.89. The van der Waals surface area contributed by atoms with Gasteiger partial charge in [0.15, 0.2) is 11.4 Å². The van der Waals surface area contributed by atoms with Crippen LogP contribution in [0.4, 0.5) is 19.4 Å². The third-order valence-corrected chi connectivity index (χ3v) is 8.30. The van der Waals surface area contributed by atoms with Gasteiger partial charge in [0.1, 0.15) is 12.1 Å². The summed E-state index contributed by atoms with van der Waals surface area (Å²) in [5, 5.41) is 6.66. The van der Waals surface area contributed by atoms with E-state index in [1.54, 1.807) is 6.07 Å². The van der Waals surface area contributed by atoms with E-state index < -0.39 is 40.6 Å². The molecular weight excluding hydrogens is 462 g/mol. The number of nitrogens with one attached hydrogen (secondary N) is 1. The van der Waals surface area contributed by atoms with Crippen LogP contribution in [0.2, 0.25) is 0 Å². The van der Waals surface area contributed by atoms with Crippen molar-refractivity contribution in [2.24, 2.45) is 0 Å². The van der Waals surface area contributed by atoms with Crippen LogP contribution in [0.25, 0.3) is 21.4 Å². The van der Waals surface area contributed by atoms with Crippen LogP contribution in [0.5, 0.6) is 0 Å². The molecule has 170 valence electrons. The van der Waals surface area contributed by atoms with Gasteiger partial charge in [-0.1, -0.05) is 23.4 Å². The predicted octanol–water partition coefficient (Wildman–Crippen LogP) is 3.51. The summed E-state index contributed by atoms with van der Waals surface area (Å²) in [6, 6.07) is 5.61. The summed E-state index contributed by atoms with van der Waals surface area (Å²) in [7, 11) is -3.86. The van der Waals surface area contributed by atoms with Crippen molar-refractivity contribution in [3.8, 4) is 10.4 Å². The van der Waals surface area contributed by atoms with Gasteiger partial charge < -0.3 is 9.42 Å². The van der Waals surface area contributed by atoms with Gasteiger partial charge in [-0.3, -0.25) is 4.90 Å². The lowest BCUT2D eigenvalue weighted by Crippen LogP contribution is -2.56. The number of anilines is 1. The van der Waals surface area contributed by atoms with Crippen LogP contribution in [0.1, 0.15) is 13.3 Å². The lowest BCUT2D eigenvalue weighted by atomic mass is 10.0. The van der Waals surface area contributed by atoms with Gasteiger partial charge in [0.05, 0.1) is 11.1 Å². The van der Waals surface area contributed by atoms with Gasteiger partial charge in [-0.15, -0.1) is 11.3 Å². The fraction of sp³-hybridized carbons (Fsp3) is 0.400. The van der Waals surface area contributed by atoms with Crippen molar-refractivity contribution >= 4 is 44.2 Å². The zero-order valence-electron chi connectivity index (χ0n) is 17.0. The summed E-state index contributed by atoms with van der Waals surface area (Å²) < 4.78 is 61.3. The number of carbonyl (C=O) groups is 1. The minimum absolute atomic E-state index is 0.0171. The molecule has 0 spiro atoms. The maximum absolute atomic E-state index is 15.0. The minimum Gasteiger partial charge on any atom is -0.354 e. The number of hydrogen-bond acceptors (Lipinski definition) is 6. The quantitative estimate of drug-likeness (QED) is 0.601. The molecule has 2 fully saturated rings. The van der Waals surface area contributed by atoms with Crippen LogP contribution >= 0.6 is 11.3 Å². The second-order valence-corrected chi connectivity index (χ2v) is 10.8. The molecule has 12 heteroatoms. The topological polar surface area (TPSA) is 95.8 Å². The SMILES string of the molecule is CCS(=O)(=O)N[C@@H]1CN2C(=O)N(c3noc4cccc(-c5cccs5)c34)CC[C@@H]2C1(F)F. The van der Waals surface area contributed by atoms with Gasteiger partial charge in [0.2, 0.25) is 10.0 Å². The van der Waals surface area contributed by atoms with E-state index in [1.807, 2.05) is 29.6 Å². The van der Waals surface area contributed by atoms with Gasteiger partial charge in [0.25, 0.3) is 5.92 Å². The van der Waals surface area contributed by atoms with Crippen molar-refractivity contribution in [2.75, 3.05) is 23.7 Å². The standard InChI is InChI=1S/C20H20F2N4O4S2/c1-2-32(28,29)24-15-11-26-16(20(15,21)22)8-9-25(19(26)27)18-17-12(14-7-4-10-31-14)5-3-6-13(17)30-23-18/h3-7,10,15-16,24H,2,8-9,11H2,1H3/t15-,16-/m1/s1. The molecule has 0 radical (unpaired) electrons. The second kappa shape index (κ2) is 7.49. The van der Waals surface area contributed by atoms with E-state index in [9.17, 15) is 22.0 Å². The molecule has 0 aliphatic carbocycles. The number of amides is 2. The number of hydrogen-bond donors (Lipinski definition) is 1. The molecule has 3 aromatic rings. The van der Waals surface area contributed by atoms with E-state index >= 15 is 0 Å². The molecule has 2 aromatic heterocycles. The Balaban J connectivity index is 1.50. The number of alkyl halides is 2. The molecule has 1 aromatic carbocycles. The third kappa shape index (κ3) is 3.28. The molecule has 1 N–H and O–H groups in total. The summed E-state index contributed by atoms with van der Waals surface area (Å²) >= 11 is 1.53. The van der Waals surface area contributed by atoms with Crippen LogP contribution in [0.15, 0.2) is 40.2 Å². The van der Waals surface area contributed by atoms with Gasteiger partial charge in [0, 0.05) is 23.5 Å². The summed E-state index contributed by atoms with van der Waals surface area (Å²) in [5.41, 5.74) is 1.32. The van der Waals surface area contributed by atoms with Crippen LogP contribution in [-0.2, 0) is 10.0 Å². The Kier molecular flexibility index (Phi) is 4.98. The highest BCUT2D eigenvalue weighted by Gasteiger charge is 2.60. The zero-order chi connectivity index (χ0) is 22.7. The van der Waals surface area contributed by atoms with Gasteiger partial charge in [-0.2, -0.15) is 0 Å². The summed E-state index contributed by atoms with van der Waals surface area (Å²) in [4.78, 5) is 16.6. The number of carbonyl (C=O) groups excluding carboxylic acids is 1. The van der Waals surface area contributed by atoms with E-state index in [4.69, 9.17) is 4.52 Å². The second-order valence-electron chi connectivity index (χ2n) is 7.80. The first kappa shape index (κ1) is 21.3. The number of aromatic nitrogens is 1. The minimum atomic E-state index is -3.86. The summed E-state index contributed by atoms with van der Waals surface area (Å²) in [5.74, 6) is -3.42. The third-order valence-electron chi connectivity index (χ3n) is 5.99. The van der Waals surface area contributed by atoms with Crippen molar-refractivity contribution in [3.63, 3.8) is 0 Å². The molecule has 2 aliphatic heterocycles. The Hall–Kier alpha value is -2.57. The maximum Gasteiger partial charge on any atom is 0.326 e. The first-order valence-corrected chi connectivity index (χ1v) is 12.6. The average Bonchev–Trinajstić information content (AvgIpc) is 3.48. The molecule has 2 amide bonds. The molecule has 8 nitrogen and oxygen atoms in total. The Morgan fingerprint density at radius 1 is 1.31 bits per heavy atom. The van der Waals surface area contributed by atoms with Crippen LogP contribution in [0, 0.1) is 0 Å². The molecule has 4 heterocycles. The summed E-state index contributed by atoms with van der Waals surface area (Å²) in [6.07, 6.45) is -0.0292. The molecular formula is C20H20F2N4O4S2. The highest BCUT2D eigenvalue weighted by atomic mass is 32.2.